The summed E-state index contributed by atoms with van der Waals surface area (Å²) < 4.78 is 22.7. The first-order valence-electron chi connectivity index (χ1n) is 11.8. The number of nitriles is 1. The molecule has 36 heavy (non-hydrogen) atoms. The fourth-order valence-electron chi connectivity index (χ4n) is 4.27. The van der Waals surface area contributed by atoms with Gasteiger partial charge in [0.15, 0.2) is 11.5 Å². The fourth-order valence-corrected chi connectivity index (χ4v) is 4.27. The highest BCUT2D eigenvalue weighted by atomic mass is 16.5. The maximum Gasteiger partial charge on any atom is 0.338 e. The van der Waals surface area contributed by atoms with Crippen molar-refractivity contribution in [3.8, 4) is 17.6 Å². The van der Waals surface area contributed by atoms with Gasteiger partial charge in [-0.1, -0.05) is 42.5 Å². The van der Waals surface area contributed by atoms with Crippen molar-refractivity contribution in [3.05, 3.63) is 94.6 Å². The Morgan fingerprint density at radius 3 is 2.50 bits per heavy atom. The van der Waals surface area contributed by atoms with E-state index in [0.29, 0.717) is 36.0 Å². The monoisotopic (exact) mass is 484 g/mol. The van der Waals surface area contributed by atoms with Gasteiger partial charge in [-0.25, -0.2) is 4.79 Å². The Balaban J connectivity index is 1.67. The van der Waals surface area contributed by atoms with Gasteiger partial charge in [0.1, 0.15) is 24.0 Å². The molecule has 0 aromatic heterocycles. The van der Waals surface area contributed by atoms with E-state index in [9.17, 15) is 10.1 Å². The second-order valence-electron chi connectivity index (χ2n) is 8.22. The van der Waals surface area contributed by atoms with E-state index >= 15 is 0 Å². The minimum atomic E-state index is -0.753. The summed E-state index contributed by atoms with van der Waals surface area (Å²) in [4.78, 5) is 12.8. The van der Waals surface area contributed by atoms with E-state index in [0.717, 1.165) is 10.9 Å². The zero-order valence-electron chi connectivity index (χ0n) is 20.5. The zero-order chi connectivity index (χ0) is 25.7. The standard InChI is InChI=1S/C29H28N2O5/c1-4-33-25-15-22(27-23(16-30)28(31)36-18(3)26(27)29(32)34-5-2)12-13-24(25)35-17-19-10-11-20-8-6-7-9-21(20)14-19/h6-15,27H,4-5,17,31H2,1-3H3. The molecule has 0 saturated carbocycles. The molecule has 0 amide bonds. The molecule has 0 bridgehead atoms. The summed E-state index contributed by atoms with van der Waals surface area (Å²) in [5.74, 6) is -0.00719. The average Bonchev–Trinajstić information content (AvgIpc) is 2.87. The summed E-state index contributed by atoms with van der Waals surface area (Å²) in [5.41, 5.74) is 8.05. The van der Waals surface area contributed by atoms with Crippen LogP contribution in [0.25, 0.3) is 10.8 Å². The molecule has 4 rings (SSSR count). The van der Waals surface area contributed by atoms with Crippen LogP contribution >= 0.6 is 0 Å². The van der Waals surface area contributed by atoms with Crippen LogP contribution in [0.5, 0.6) is 11.5 Å². The van der Waals surface area contributed by atoms with Crippen LogP contribution in [0.15, 0.2) is 83.5 Å². The molecule has 7 nitrogen and oxygen atoms in total. The van der Waals surface area contributed by atoms with Gasteiger partial charge in [0, 0.05) is 0 Å². The van der Waals surface area contributed by atoms with Gasteiger partial charge in [0.05, 0.1) is 24.7 Å². The van der Waals surface area contributed by atoms with Crippen molar-refractivity contribution in [2.75, 3.05) is 13.2 Å². The van der Waals surface area contributed by atoms with E-state index in [1.54, 1.807) is 32.0 Å². The second kappa shape index (κ2) is 10.9. The largest absolute Gasteiger partial charge is 0.490 e. The molecule has 0 aliphatic carbocycles. The molecule has 7 heteroatoms. The van der Waals surface area contributed by atoms with Crippen LogP contribution in [0.3, 0.4) is 0 Å². The molecule has 1 heterocycles. The number of benzene rings is 3. The topological polar surface area (TPSA) is 104 Å². The van der Waals surface area contributed by atoms with Crippen LogP contribution in [0, 0.1) is 11.3 Å². The minimum absolute atomic E-state index is 0.0392. The van der Waals surface area contributed by atoms with Gasteiger partial charge < -0.3 is 24.7 Å². The number of allylic oxidation sites excluding steroid dienone is 2. The summed E-state index contributed by atoms with van der Waals surface area (Å²) in [7, 11) is 0. The van der Waals surface area contributed by atoms with Crippen molar-refractivity contribution in [1.29, 1.82) is 5.26 Å². The normalized spacial score (nSPS) is 15.3. The molecule has 0 fully saturated rings. The van der Waals surface area contributed by atoms with E-state index in [-0.39, 0.29) is 23.6 Å². The van der Waals surface area contributed by atoms with E-state index in [1.165, 1.54) is 5.39 Å². The van der Waals surface area contributed by atoms with Crippen molar-refractivity contribution in [2.45, 2.75) is 33.3 Å². The lowest BCUT2D eigenvalue weighted by molar-refractivity contribution is -0.139. The number of hydrogen-bond donors (Lipinski definition) is 1. The van der Waals surface area contributed by atoms with Crippen LogP contribution in [0.4, 0.5) is 0 Å². The van der Waals surface area contributed by atoms with Crippen LogP contribution in [-0.2, 0) is 20.9 Å². The number of ether oxygens (including phenoxy) is 4. The highest BCUT2D eigenvalue weighted by molar-refractivity contribution is 5.92. The summed E-state index contributed by atoms with van der Waals surface area (Å²) in [6, 6.07) is 21.8. The number of esters is 1. The van der Waals surface area contributed by atoms with E-state index < -0.39 is 11.9 Å². The number of rotatable bonds is 8. The Morgan fingerprint density at radius 1 is 1.00 bits per heavy atom. The summed E-state index contributed by atoms with van der Waals surface area (Å²) in [6.45, 7) is 6.18. The maximum absolute atomic E-state index is 12.8. The van der Waals surface area contributed by atoms with Crippen molar-refractivity contribution < 1.29 is 23.7 Å². The van der Waals surface area contributed by atoms with Gasteiger partial charge in [-0.05, 0) is 60.9 Å². The Kier molecular flexibility index (Phi) is 7.45. The molecule has 0 saturated heterocycles. The number of nitrogens with two attached hydrogens (primary N) is 1. The lowest BCUT2D eigenvalue weighted by Gasteiger charge is -2.27. The van der Waals surface area contributed by atoms with Gasteiger partial charge in [-0.3, -0.25) is 0 Å². The van der Waals surface area contributed by atoms with E-state index in [1.807, 2.05) is 25.1 Å². The predicted molar refractivity (Wildman–Crippen MR) is 136 cm³/mol. The van der Waals surface area contributed by atoms with Crippen molar-refractivity contribution >= 4 is 16.7 Å². The summed E-state index contributed by atoms with van der Waals surface area (Å²) in [5, 5.41) is 12.1. The minimum Gasteiger partial charge on any atom is -0.490 e. The lowest BCUT2D eigenvalue weighted by atomic mass is 9.83. The number of nitrogens with zero attached hydrogens (tertiary/aromatic N) is 1. The lowest BCUT2D eigenvalue weighted by Crippen LogP contribution is -2.25. The predicted octanol–water partition coefficient (Wildman–Crippen LogP) is 5.46. The first kappa shape index (κ1) is 24.7. The average molecular weight is 485 g/mol. The van der Waals surface area contributed by atoms with E-state index in [2.05, 4.69) is 30.3 Å². The molecule has 3 aromatic carbocycles. The molecule has 0 radical (unpaired) electrons. The number of carbonyl (C=O) groups excluding carboxylic acids is 1. The molecular formula is C29H28N2O5. The molecule has 0 spiro atoms. The summed E-state index contributed by atoms with van der Waals surface area (Å²) in [6.07, 6.45) is 0. The zero-order valence-corrected chi connectivity index (χ0v) is 20.5. The Morgan fingerprint density at radius 2 is 1.78 bits per heavy atom. The SMILES string of the molecule is CCOC(=O)C1=C(C)OC(N)=C(C#N)C1c1ccc(OCc2ccc3ccccc3c2)c(OCC)c1. The Labute approximate surface area is 210 Å². The molecule has 1 atom stereocenters. The summed E-state index contributed by atoms with van der Waals surface area (Å²) >= 11 is 0. The smallest absolute Gasteiger partial charge is 0.338 e. The van der Waals surface area contributed by atoms with Gasteiger partial charge in [0.25, 0.3) is 0 Å². The quantitative estimate of drug-likeness (QED) is 0.423. The van der Waals surface area contributed by atoms with Crippen LogP contribution in [0.1, 0.15) is 37.8 Å². The van der Waals surface area contributed by atoms with E-state index in [4.69, 9.17) is 24.7 Å². The fraction of sp³-hybridized carbons (Fsp3) is 0.241. The van der Waals surface area contributed by atoms with Gasteiger partial charge in [0.2, 0.25) is 5.88 Å². The van der Waals surface area contributed by atoms with Gasteiger partial charge in [-0.2, -0.15) is 5.26 Å². The first-order chi connectivity index (χ1) is 17.5. The first-order valence-corrected chi connectivity index (χ1v) is 11.8. The molecular weight excluding hydrogens is 456 g/mol. The molecule has 3 aromatic rings. The van der Waals surface area contributed by atoms with Gasteiger partial charge in [-0.15, -0.1) is 0 Å². The third-order valence-electron chi connectivity index (χ3n) is 5.91. The number of hydrogen-bond acceptors (Lipinski definition) is 7. The second-order valence-corrected chi connectivity index (χ2v) is 8.22. The molecule has 2 N–H and O–H groups in total. The Bertz CT molecular complexity index is 1400. The third-order valence-corrected chi connectivity index (χ3v) is 5.91. The molecule has 1 aliphatic heterocycles. The van der Waals surface area contributed by atoms with Crippen molar-refractivity contribution in [1.82, 2.24) is 0 Å². The highest BCUT2D eigenvalue weighted by Crippen LogP contribution is 2.42. The highest BCUT2D eigenvalue weighted by Gasteiger charge is 2.36. The molecule has 1 aliphatic rings. The molecule has 184 valence electrons. The number of carbonyl (C=O) groups is 1. The van der Waals surface area contributed by atoms with Gasteiger partial charge >= 0.3 is 5.97 Å². The van der Waals surface area contributed by atoms with Crippen LogP contribution in [0.2, 0.25) is 0 Å². The van der Waals surface area contributed by atoms with Crippen molar-refractivity contribution in [3.63, 3.8) is 0 Å². The third kappa shape index (κ3) is 4.98. The van der Waals surface area contributed by atoms with Crippen molar-refractivity contribution in [2.24, 2.45) is 5.73 Å². The van der Waals surface area contributed by atoms with Crippen LogP contribution in [-0.4, -0.2) is 19.2 Å². The number of fused-ring (bicyclic) bond motifs is 1. The Hall–Kier alpha value is -4.44. The maximum atomic E-state index is 12.8. The van der Waals surface area contributed by atoms with Crippen LogP contribution < -0.4 is 15.2 Å². The molecule has 1 unspecified atom stereocenters.